The Hall–Kier alpha value is -4.05. The Kier molecular flexibility index (Phi) is 5.02. The number of carbonyl (C=O) groups is 2. The number of hydrogen-bond acceptors (Lipinski definition) is 9. The summed E-state index contributed by atoms with van der Waals surface area (Å²) in [6.45, 7) is 0. The number of anilines is 1. The molecule has 1 aromatic heterocycles. The van der Waals surface area contributed by atoms with Crippen LogP contribution >= 0.6 is 0 Å². The Morgan fingerprint density at radius 1 is 1.09 bits per heavy atom. The highest BCUT2D eigenvalue weighted by atomic mass is 16.5. The zero-order valence-electron chi connectivity index (χ0n) is 17.9. The number of nitrogens with two attached hydrogens (primary N) is 1. The number of fused-ring (bicyclic) bond motifs is 1. The molecule has 0 saturated heterocycles. The van der Waals surface area contributed by atoms with E-state index in [-0.39, 0.29) is 22.9 Å². The summed E-state index contributed by atoms with van der Waals surface area (Å²) in [6.07, 6.45) is 0. The van der Waals surface area contributed by atoms with E-state index in [1.165, 1.54) is 26.4 Å². The van der Waals surface area contributed by atoms with Crippen LogP contribution in [0.4, 0.5) is 5.69 Å². The minimum Gasteiger partial charge on any atom is -0.497 e. The molecule has 0 bridgehead atoms. The molecule has 10 heteroatoms. The second-order valence-corrected chi connectivity index (χ2v) is 7.14. The second-order valence-electron chi connectivity index (χ2n) is 7.14. The first-order valence-corrected chi connectivity index (χ1v) is 9.58. The first-order chi connectivity index (χ1) is 15.3. The summed E-state index contributed by atoms with van der Waals surface area (Å²) in [5, 5.41) is 11.4. The van der Waals surface area contributed by atoms with Crippen molar-refractivity contribution in [1.82, 2.24) is 9.55 Å². The third-order valence-corrected chi connectivity index (χ3v) is 5.44. The molecule has 10 nitrogen and oxygen atoms in total. The van der Waals surface area contributed by atoms with Gasteiger partial charge in [-0.3, -0.25) is 9.69 Å². The van der Waals surface area contributed by atoms with E-state index in [2.05, 4.69) is 4.98 Å². The van der Waals surface area contributed by atoms with Crippen molar-refractivity contribution in [2.75, 3.05) is 26.2 Å². The van der Waals surface area contributed by atoms with E-state index in [4.69, 9.17) is 19.9 Å². The highest BCUT2D eigenvalue weighted by Gasteiger charge is 2.60. The Balaban J connectivity index is 2.00. The van der Waals surface area contributed by atoms with Crippen molar-refractivity contribution in [1.29, 1.82) is 0 Å². The van der Waals surface area contributed by atoms with E-state index in [1.54, 1.807) is 23.7 Å². The first kappa shape index (κ1) is 21.2. The molecule has 0 saturated carbocycles. The van der Waals surface area contributed by atoms with Crippen molar-refractivity contribution >= 4 is 34.0 Å². The number of aliphatic hydroxyl groups is 1. The number of benzene rings is 2. The number of aryl methyl sites for hydroxylation is 1. The third-order valence-electron chi connectivity index (χ3n) is 5.44. The summed E-state index contributed by atoms with van der Waals surface area (Å²) in [4.78, 5) is 31.7. The maximum Gasteiger partial charge on any atom is 0.368 e. The van der Waals surface area contributed by atoms with Gasteiger partial charge in [0.05, 0.1) is 38.1 Å². The lowest BCUT2D eigenvalue weighted by molar-refractivity contribution is -0.164. The number of hydrogen-bond donors (Lipinski definition) is 2. The van der Waals surface area contributed by atoms with Crippen molar-refractivity contribution in [2.24, 2.45) is 12.8 Å². The molecule has 0 spiro atoms. The Labute approximate surface area is 183 Å². The van der Waals surface area contributed by atoms with E-state index in [0.717, 1.165) is 17.5 Å². The number of ketones is 1. The highest BCUT2D eigenvalue weighted by molar-refractivity contribution is 6.35. The number of para-hydroxylation sites is 2. The van der Waals surface area contributed by atoms with Crippen molar-refractivity contribution in [3.05, 3.63) is 54.1 Å². The second kappa shape index (κ2) is 7.57. The number of imidazole rings is 1. The largest absolute Gasteiger partial charge is 0.497 e. The third kappa shape index (κ3) is 2.88. The molecule has 0 amide bonds. The molecule has 0 fully saturated rings. The molecule has 1 atom stereocenters. The van der Waals surface area contributed by atoms with E-state index in [9.17, 15) is 14.7 Å². The fourth-order valence-electron chi connectivity index (χ4n) is 3.84. The summed E-state index contributed by atoms with van der Waals surface area (Å²) in [5.41, 5.74) is 5.11. The molecular formula is C22H22N4O6. The molecule has 1 aliphatic heterocycles. The SMILES string of the molecule is COC(=O)C1(O)C(=O)C(c2nc3ccccc3n2C)=C(N)N1c1cc(OC)cc(OC)c1. The predicted molar refractivity (Wildman–Crippen MR) is 116 cm³/mol. The summed E-state index contributed by atoms with van der Waals surface area (Å²) < 4.78 is 17.0. The Morgan fingerprint density at radius 3 is 2.28 bits per heavy atom. The Bertz CT molecular complexity index is 1260. The molecular weight excluding hydrogens is 416 g/mol. The van der Waals surface area contributed by atoms with Gasteiger partial charge in [-0.2, -0.15) is 0 Å². The van der Waals surface area contributed by atoms with Crippen molar-refractivity contribution in [3.8, 4) is 11.5 Å². The van der Waals surface area contributed by atoms with Gasteiger partial charge in [0.25, 0.3) is 0 Å². The number of ether oxygens (including phenoxy) is 3. The van der Waals surface area contributed by atoms with Gasteiger partial charge in [-0.25, -0.2) is 9.78 Å². The van der Waals surface area contributed by atoms with Crippen LogP contribution in [0.3, 0.4) is 0 Å². The molecule has 166 valence electrons. The minimum absolute atomic E-state index is 0.113. The topological polar surface area (TPSA) is 129 Å². The molecule has 1 unspecified atom stereocenters. The standard InChI is InChI=1S/C22H22N4O6/c1-25-16-8-6-5-7-15(16)24-20(25)17-18(27)22(29,21(28)32-4)26(19(17)23)12-9-13(30-2)11-14(10-12)31-3/h5-11,29H,23H2,1-4H3. The molecule has 4 rings (SSSR count). The van der Waals surface area contributed by atoms with E-state index < -0.39 is 17.5 Å². The minimum atomic E-state index is -2.75. The van der Waals surface area contributed by atoms with E-state index in [1.807, 2.05) is 18.2 Å². The van der Waals surface area contributed by atoms with Crippen LogP contribution in [0.2, 0.25) is 0 Å². The smallest absolute Gasteiger partial charge is 0.368 e. The fraction of sp³-hybridized carbons (Fsp3) is 0.227. The van der Waals surface area contributed by atoms with Gasteiger partial charge >= 0.3 is 11.7 Å². The summed E-state index contributed by atoms with van der Waals surface area (Å²) in [5.74, 6) is -1.39. The van der Waals surface area contributed by atoms with Gasteiger partial charge in [-0.1, -0.05) is 12.1 Å². The lowest BCUT2D eigenvalue weighted by Crippen LogP contribution is -2.57. The molecule has 3 aromatic rings. The lowest BCUT2D eigenvalue weighted by Gasteiger charge is -2.32. The van der Waals surface area contributed by atoms with Crippen LogP contribution in [0.25, 0.3) is 16.6 Å². The number of nitrogens with zero attached hydrogens (tertiary/aromatic N) is 3. The number of Topliss-reactive ketones (excluding diaryl/α,β-unsaturated/α-hetero) is 1. The fourth-order valence-corrected chi connectivity index (χ4v) is 3.84. The van der Waals surface area contributed by atoms with Crippen LogP contribution < -0.4 is 20.1 Å². The zero-order chi connectivity index (χ0) is 23.2. The maximum atomic E-state index is 13.5. The van der Waals surface area contributed by atoms with Crippen LogP contribution in [-0.4, -0.2) is 53.5 Å². The molecule has 2 heterocycles. The number of rotatable bonds is 5. The molecule has 1 aliphatic rings. The number of aromatic nitrogens is 2. The van der Waals surface area contributed by atoms with Gasteiger partial charge in [0, 0.05) is 25.2 Å². The van der Waals surface area contributed by atoms with Gasteiger partial charge in [0.15, 0.2) is 0 Å². The molecule has 0 radical (unpaired) electrons. The lowest BCUT2D eigenvalue weighted by atomic mass is 10.0. The molecule has 3 N–H and O–H groups in total. The van der Waals surface area contributed by atoms with Gasteiger partial charge in [-0.05, 0) is 12.1 Å². The van der Waals surface area contributed by atoms with Gasteiger partial charge in [0.2, 0.25) is 5.78 Å². The van der Waals surface area contributed by atoms with Gasteiger partial charge < -0.3 is 29.6 Å². The quantitative estimate of drug-likeness (QED) is 0.445. The van der Waals surface area contributed by atoms with Crippen LogP contribution in [0, 0.1) is 0 Å². The van der Waals surface area contributed by atoms with Crippen molar-refractivity contribution in [2.45, 2.75) is 5.72 Å². The number of methoxy groups -OCH3 is 3. The van der Waals surface area contributed by atoms with Gasteiger partial charge in [-0.15, -0.1) is 0 Å². The molecule has 2 aromatic carbocycles. The zero-order valence-corrected chi connectivity index (χ0v) is 17.9. The Morgan fingerprint density at radius 2 is 1.72 bits per heavy atom. The van der Waals surface area contributed by atoms with Crippen LogP contribution in [0.5, 0.6) is 11.5 Å². The van der Waals surface area contributed by atoms with Crippen LogP contribution in [0.1, 0.15) is 5.82 Å². The van der Waals surface area contributed by atoms with E-state index in [0.29, 0.717) is 17.0 Å². The number of carbonyl (C=O) groups excluding carboxylic acids is 2. The monoisotopic (exact) mass is 438 g/mol. The van der Waals surface area contributed by atoms with Crippen LogP contribution in [0.15, 0.2) is 48.3 Å². The maximum absolute atomic E-state index is 13.5. The van der Waals surface area contributed by atoms with Gasteiger partial charge in [0.1, 0.15) is 28.7 Å². The first-order valence-electron chi connectivity index (χ1n) is 9.58. The average Bonchev–Trinajstić information content (AvgIpc) is 3.23. The number of esters is 1. The van der Waals surface area contributed by atoms with Crippen molar-refractivity contribution < 1.29 is 28.9 Å². The van der Waals surface area contributed by atoms with Crippen LogP contribution in [-0.2, 0) is 21.4 Å². The summed E-state index contributed by atoms with van der Waals surface area (Å²) in [7, 11) is 5.68. The molecule has 32 heavy (non-hydrogen) atoms. The predicted octanol–water partition coefficient (Wildman–Crippen LogP) is 1.17. The van der Waals surface area contributed by atoms with E-state index >= 15 is 0 Å². The van der Waals surface area contributed by atoms with Crippen molar-refractivity contribution in [3.63, 3.8) is 0 Å². The summed E-state index contributed by atoms with van der Waals surface area (Å²) >= 11 is 0. The normalized spacial score (nSPS) is 18.4. The summed E-state index contributed by atoms with van der Waals surface area (Å²) in [6, 6.07) is 11.9. The average molecular weight is 438 g/mol. The molecule has 0 aliphatic carbocycles. The highest BCUT2D eigenvalue weighted by Crippen LogP contribution is 2.42.